The molecule has 0 unspecified atom stereocenters. The third kappa shape index (κ3) is 2.13. The zero-order valence-corrected chi connectivity index (χ0v) is 9.81. The number of nitrogens with zero attached hydrogens (tertiary/aromatic N) is 1. The predicted molar refractivity (Wildman–Crippen MR) is 62.9 cm³/mol. The van der Waals surface area contributed by atoms with Crippen LogP contribution in [0, 0.1) is 4.77 Å². The monoisotopic (exact) mass is 268 g/mol. The van der Waals surface area contributed by atoms with Gasteiger partial charge in [-0.3, -0.25) is 0 Å². The molecular weight excluding hydrogens is 260 g/mol. The standard InChI is InChI=1S/C10H9BrN2S/c11-9-3-1-2-8(6-9)7-13-5-4-12-10(13)14/h1-6H,7H2,(H,12,14). The second-order valence-corrected chi connectivity index (χ2v) is 4.33. The van der Waals surface area contributed by atoms with E-state index in [1.165, 1.54) is 5.56 Å². The molecule has 1 aromatic carbocycles. The second kappa shape index (κ2) is 4.11. The number of imidazole rings is 1. The SMILES string of the molecule is S=c1[nH]ccn1Cc1cccc(Br)c1. The van der Waals surface area contributed by atoms with Gasteiger partial charge in [-0.15, -0.1) is 0 Å². The summed E-state index contributed by atoms with van der Waals surface area (Å²) in [6, 6.07) is 8.21. The Morgan fingerprint density at radius 2 is 2.29 bits per heavy atom. The molecule has 0 aliphatic carbocycles. The lowest BCUT2D eigenvalue weighted by Crippen LogP contribution is -1.97. The number of aromatic nitrogens is 2. The van der Waals surface area contributed by atoms with Gasteiger partial charge in [-0.25, -0.2) is 0 Å². The van der Waals surface area contributed by atoms with Crippen molar-refractivity contribution in [3.8, 4) is 0 Å². The average Bonchev–Trinajstić information content (AvgIpc) is 2.52. The van der Waals surface area contributed by atoms with Gasteiger partial charge in [-0.05, 0) is 29.9 Å². The highest BCUT2D eigenvalue weighted by atomic mass is 79.9. The van der Waals surface area contributed by atoms with Crippen LogP contribution in [-0.2, 0) is 6.54 Å². The van der Waals surface area contributed by atoms with Crippen LogP contribution in [0.1, 0.15) is 5.56 Å². The molecule has 0 spiro atoms. The highest BCUT2D eigenvalue weighted by Gasteiger charge is 1.96. The van der Waals surface area contributed by atoms with E-state index in [1.54, 1.807) is 0 Å². The Balaban J connectivity index is 2.27. The van der Waals surface area contributed by atoms with Gasteiger partial charge in [-0.2, -0.15) is 0 Å². The van der Waals surface area contributed by atoms with Crippen LogP contribution in [-0.4, -0.2) is 9.55 Å². The molecule has 2 rings (SSSR count). The number of halogens is 1. The molecule has 4 heteroatoms. The summed E-state index contributed by atoms with van der Waals surface area (Å²) in [7, 11) is 0. The Morgan fingerprint density at radius 3 is 2.93 bits per heavy atom. The second-order valence-electron chi connectivity index (χ2n) is 3.02. The summed E-state index contributed by atoms with van der Waals surface area (Å²) in [6.07, 6.45) is 3.80. The van der Waals surface area contributed by atoms with Gasteiger partial charge >= 0.3 is 0 Å². The number of benzene rings is 1. The summed E-state index contributed by atoms with van der Waals surface area (Å²) >= 11 is 8.55. The summed E-state index contributed by atoms with van der Waals surface area (Å²) in [6.45, 7) is 0.807. The summed E-state index contributed by atoms with van der Waals surface area (Å²) < 4.78 is 3.85. The lowest BCUT2D eigenvalue weighted by molar-refractivity contribution is 0.784. The number of rotatable bonds is 2. The lowest BCUT2D eigenvalue weighted by Gasteiger charge is -2.02. The molecule has 2 aromatic rings. The van der Waals surface area contributed by atoms with Crippen molar-refractivity contribution in [2.45, 2.75) is 6.54 Å². The van der Waals surface area contributed by atoms with E-state index < -0.39 is 0 Å². The third-order valence-corrected chi connectivity index (χ3v) is 2.81. The third-order valence-electron chi connectivity index (χ3n) is 1.96. The van der Waals surface area contributed by atoms with Crippen molar-refractivity contribution in [1.82, 2.24) is 9.55 Å². The molecule has 0 atom stereocenters. The molecule has 0 aliphatic heterocycles. The zero-order chi connectivity index (χ0) is 9.97. The molecule has 0 radical (unpaired) electrons. The first-order valence-electron chi connectivity index (χ1n) is 4.24. The maximum absolute atomic E-state index is 5.11. The normalized spacial score (nSPS) is 10.4. The Hall–Kier alpha value is -0.870. The van der Waals surface area contributed by atoms with Crippen molar-refractivity contribution in [1.29, 1.82) is 0 Å². The lowest BCUT2D eigenvalue weighted by atomic mass is 10.2. The first-order valence-corrected chi connectivity index (χ1v) is 5.44. The van der Waals surface area contributed by atoms with Crippen LogP contribution in [0.25, 0.3) is 0 Å². The Labute approximate surface area is 95.7 Å². The molecule has 0 bridgehead atoms. The molecule has 1 N–H and O–H groups in total. The van der Waals surface area contributed by atoms with Crippen molar-refractivity contribution in [2.75, 3.05) is 0 Å². The minimum Gasteiger partial charge on any atom is -0.337 e. The van der Waals surface area contributed by atoms with Crippen molar-refractivity contribution >= 4 is 28.1 Å². The summed E-state index contributed by atoms with van der Waals surface area (Å²) in [5, 5.41) is 0. The van der Waals surface area contributed by atoms with Crippen molar-refractivity contribution < 1.29 is 0 Å². The Kier molecular flexibility index (Phi) is 2.84. The number of nitrogens with one attached hydrogen (secondary N) is 1. The van der Waals surface area contributed by atoms with Gasteiger partial charge < -0.3 is 9.55 Å². The van der Waals surface area contributed by atoms with Gasteiger partial charge in [0.1, 0.15) is 0 Å². The van der Waals surface area contributed by atoms with E-state index in [0.717, 1.165) is 15.8 Å². The first-order chi connectivity index (χ1) is 6.75. The Morgan fingerprint density at radius 1 is 1.43 bits per heavy atom. The van der Waals surface area contributed by atoms with Crippen molar-refractivity contribution in [2.24, 2.45) is 0 Å². The van der Waals surface area contributed by atoms with Gasteiger partial charge in [0.05, 0.1) is 0 Å². The largest absolute Gasteiger partial charge is 0.337 e. The number of H-pyrrole nitrogens is 1. The van der Waals surface area contributed by atoms with Crippen molar-refractivity contribution in [3.63, 3.8) is 0 Å². The molecule has 72 valence electrons. The quantitative estimate of drug-likeness (QED) is 0.829. The maximum atomic E-state index is 5.11. The van der Waals surface area contributed by atoms with Crippen LogP contribution < -0.4 is 0 Å². The van der Waals surface area contributed by atoms with E-state index in [4.69, 9.17) is 12.2 Å². The van der Waals surface area contributed by atoms with Gasteiger partial charge in [0, 0.05) is 23.4 Å². The highest BCUT2D eigenvalue weighted by Crippen LogP contribution is 2.12. The van der Waals surface area contributed by atoms with E-state index in [-0.39, 0.29) is 0 Å². The predicted octanol–water partition coefficient (Wildman–Crippen LogP) is 3.36. The number of hydrogen-bond donors (Lipinski definition) is 1. The van der Waals surface area contributed by atoms with Gasteiger partial charge in [-0.1, -0.05) is 28.1 Å². The maximum Gasteiger partial charge on any atom is 0.177 e. The van der Waals surface area contributed by atoms with Gasteiger partial charge in [0.15, 0.2) is 4.77 Å². The highest BCUT2D eigenvalue weighted by molar-refractivity contribution is 9.10. The topological polar surface area (TPSA) is 20.7 Å². The minimum absolute atomic E-state index is 0.755. The molecular formula is C10H9BrN2S. The molecule has 0 fully saturated rings. The van der Waals surface area contributed by atoms with E-state index in [9.17, 15) is 0 Å². The summed E-state index contributed by atoms with van der Waals surface area (Å²) in [4.78, 5) is 2.97. The fraction of sp³-hybridized carbons (Fsp3) is 0.100. The number of aromatic amines is 1. The van der Waals surface area contributed by atoms with E-state index in [0.29, 0.717) is 0 Å². The van der Waals surface area contributed by atoms with Gasteiger partial charge in [0.25, 0.3) is 0 Å². The molecule has 0 saturated carbocycles. The molecule has 0 aliphatic rings. The minimum atomic E-state index is 0.755. The fourth-order valence-electron chi connectivity index (χ4n) is 1.31. The van der Waals surface area contributed by atoms with Crippen LogP contribution >= 0.6 is 28.1 Å². The summed E-state index contributed by atoms with van der Waals surface area (Å²) in [5.41, 5.74) is 1.23. The molecule has 1 aromatic heterocycles. The van der Waals surface area contributed by atoms with Crippen LogP contribution in [0.2, 0.25) is 0 Å². The van der Waals surface area contributed by atoms with E-state index in [2.05, 4.69) is 33.0 Å². The molecule has 0 amide bonds. The first kappa shape index (κ1) is 9.68. The molecule has 1 heterocycles. The zero-order valence-electron chi connectivity index (χ0n) is 7.40. The average molecular weight is 269 g/mol. The van der Waals surface area contributed by atoms with Crippen LogP contribution in [0.15, 0.2) is 41.1 Å². The van der Waals surface area contributed by atoms with Crippen LogP contribution in [0.3, 0.4) is 0 Å². The molecule has 0 saturated heterocycles. The van der Waals surface area contributed by atoms with Gasteiger partial charge in [0.2, 0.25) is 0 Å². The van der Waals surface area contributed by atoms with Crippen molar-refractivity contribution in [3.05, 3.63) is 51.5 Å². The number of hydrogen-bond acceptors (Lipinski definition) is 1. The Bertz CT molecular complexity index is 487. The smallest absolute Gasteiger partial charge is 0.177 e. The molecule has 14 heavy (non-hydrogen) atoms. The fourth-order valence-corrected chi connectivity index (χ4v) is 1.95. The van der Waals surface area contributed by atoms with E-state index in [1.807, 2.05) is 29.1 Å². The summed E-state index contributed by atoms with van der Waals surface area (Å²) in [5.74, 6) is 0. The van der Waals surface area contributed by atoms with Crippen LogP contribution in [0.4, 0.5) is 0 Å². The van der Waals surface area contributed by atoms with Crippen LogP contribution in [0.5, 0.6) is 0 Å². The van der Waals surface area contributed by atoms with E-state index >= 15 is 0 Å². The molecule has 2 nitrogen and oxygen atoms in total.